The predicted molar refractivity (Wildman–Crippen MR) is 96.4 cm³/mol. The Morgan fingerprint density at radius 2 is 2.00 bits per heavy atom. The summed E-state index contributed by atoms with van der Waals surface area (Å²) in [5.74, 6) is 0.811. The number of aryl methyl sites for hydroxylation is 1. The SMILES string of the molecule is Cc1cccc(NC(=O)N(C)Cc2nc(-c3ccc(Cl)cc3)no2)c1. The van der Waals surface area contributed by atoms with Gasteiger partial charge in [0.1, 0.15) is 6.54 Å². The lowest BCUT2D eigenvalue weighted by Gasteiger charge is -2.16. The molecule has 0 atom stereocenters. The first-order chi connectivity index (χ1) is 12.0. The van der Waals surface area contributed by atoms with E-state index in [4.69, 9.17) is 16.1 Å². The molecular weight excluding hydrogens is 340 g/mol. The van der Waals surface area contributed by atoms with Crippen LogP contribution >= 0.6 is 11.6 Å². The molecule has 0 fully saturated rings. The maximum atomic E-state index is 12.3. The minimum Gasteiger partial charge on any atom is -0.337 e. The number of rotatable bonds is 4. The Balaban J connectivity index is 1.63. The molecule has 0 saturated carbocycles. The molecule has 128 valence electrons. The molecule has 0 aliphatic carbocycles. The van der Waals surface area contributed by atoms with E-state index in [1.807, 2.05) is 43.3 Å². The van der Waals surface area contributed by atoms with Gasteiger partial charge in [0, 0.05) is 23.3 Å². The molecular formula is C18H17ClN4O2. The number of benzene rings is 2. The lowest BCUT2D eigenvalue weighted by molar-refractivity contribution is 0.213. The number of urea groups is 1. The maximum absolute atomic E-state index is 12.3. The number of carbonyl (C=O) groups is 1. The van der Waals surface area contributed by atoms with Gasteiger partial charge in [0.05, 0.1) is 0 Å². The highest BCUT2D eigenvalue weighted by Gasteiger charge is 2.15. The fourth-order valence-corrected chi connectivity index (χ4v) is 2.38. The molecule has 1 aromatic heterocycles. The second-order valence-electron chi connectivity index (χ2n) is 5.67. The Morgan fingerprint density at radius 3 is 2.72 bits per heavy atom. The van der Waals surface area contributed by atoms with E-state index in [1.165, 1.54) is 4.90 Å². The second-order valence-corrected chi connectivity index (χ2v) is 6.11. The van der Waals surface area contributed by atoms with E-state index >= 15 is 0 Å². The van der Waals surface area contributed by atoms with Gasteiger partial charge in [0.25, 0.3) is 0 Å². The first kappa shape index (κ1) is 17.0. The highest BCUT2D eigenvalue weighted by molar-refractivity contribution is 6.30. The largest absolute Gasteiger partial charge is 0.337 e. The van der Waals surface area contributed by atoms with Gasteiger partial charge in [-0.2, -0.15) is 4.98 Å². The lowest BCUT2D eigenvalue weighted by atomic mass is 10.2. The van der Waals surface area contributed by atoms with Crippen molar-refractivity contribution in [2.24, 2.45) is 0 Å². The van der Waals surface area contributed by atoms with E-state index in [0.29, 0.717) is 16.7 Å². The number of aromatic nitrogens is 2. The number of hydrogen-bond acceptors (Lipinski definition) is 4. The van der Waals surface area contributed by atoms with E-state index in [9.17, 15) is 4.79 Å². The molecule has 2 amide bonds. The normalized spacial score (nSPS) is 10.5. The lowest BCUT2D eigenvalue weighted by Crippen LogP contribution is -2.30. The summed E-state index contributed by atoms with van der Waals surface area (Å²) in [4.78, 5) is 18.0. The summed E-state index contributed by atoms with van der Waals surface area (Å²) in [5.41, 5.74) is 2.61. The third-order valence-electron chi connectivity index (χ3n) is 3.56. The molecule has 3 rings (SSSR count). The van der Waals surface area contributed by atoms with Crippen LogP contribution in [0.1, 0.15) is 11.5 Å². The van der Waals surface area contributed by atoms with E-state index in [0.717, 1.165) is 16.8 Å². The number of halogens is 1. The summed E-state index contributed by atoms with van der Waals surface area (Å²) in [6, 6.07) is 14.5. The van der Waals surface area contributed by atoms with Gasteiger partial charge in [-0.3, -0.25) is 0 Å². The van der Waals surface area contributed by atoms with Gasteiger partial charge in [0.15, 0.2) is 0 Å². The smallest absolute Gasteiger partial charge is 0.322 e. The van der Waals surface area contributed by atoms with Crippen molar-refractivity contribution < 1.29 is 9.32 Å². The number of carbonyl (C=O) groups excluding carboxylic acids is 1. The number of nitrogens with zero attached hydrogens (tertiary/aromatic N) is 3. The fourth-order valence-electron chi connectivity index (χ4n) is 2.25. The summed E-state index contributed by atoms with van der Waals surface area (Å²) in [6.45, 7) is 2.17. The topological polar surface area (TPSA) is 71.3 Å². The standard InChI is InChI=1S/C18H17ClN4O2/c1-12-4-3-5-15(10-12)20-18(24)23(2)11-16-21-17(22-25-16)13-6-8-14(19)9-7-13/h3-10H,11H2,1-2H3,(H,20,24). The Morgan fingerprint density at radius 1 is 1.24 bits per heavy atom. The van der Waals surface area contributed by atoms with E-state index in [1.54, 1.807) is 19.2 Å². The van der Waals surface area contributed by atoms with E-state index in [-0.39, 0.29) is 12.6 Å². The summed E-state index contributed by atoms with van der Waals surface area (Å²) in [6.07, 6.45) is 0. The number of amides is 2. The van der Waals surface area contributed by atoms with E-state index < -0.39 is 0 Å². The van der Waals surface area contributed by atoms with Crippen molar-refractivity contribution in [1.29, 1.82) is 0 Å². The molecule has 25 heavy (non-hydrogen) atoms. The number of anilines is 1. The molecule has 2 aromatic carbocycles. The minimum absolute atomic E-state index is 0.207. The van der Waals surface area contributed by atoms with Gasteiger partial charge < -0.3 is 14.7 Å². The molecule has 0 aliphatic rings. The van der Waals surface area contributed by atoms with E-state index in [2.05, 4.69) is 15.5 Å². The van der Waals surface area contributed by atoms with Crippen molar-refractivity contribution in [3.05, 3.63) is 65.0 Å². The monoisotopic (exact) mass is 356 g/mol. The van der Waals surface area contributed by atoms with Crippen molar-refractivity contribution in [2.45, 2.75) is 13.5 Å². The van der Waals surface area contributed by atoms with Crippen LogP contribution in [-0.2, 0) is 6.54 Å². The zero-order chi connectivity index (χ0) is 17.8. The number of nitrogens with one attached hydrogen (secondary N) is 1. The van der Waals surface area contributed by atoms with Crippen molar-refractivity contribution in [2.75, 3.05) is 12.4 Å². The summed E-state index contributed by atoms with van der Waals surface area (Å²) < 4.78 is 5.22. The van der Waals surface area contributed by atoms with Crippen molar-refractivity contribution >= 4 is 23.3 Å². The summed E-state index contributed by atoms with van der Waals surface area (Å²) in [7, 11) is 1.66. The van der Waals surface area contributed by atoms with Crippen molar-refractivity contribution in [3.8, 4) is 11.4 Å². The molecule has 0 bridgehead atoms. The third-order valence-corrected chi connectivity index (χ3v) is 3.81. The van der Waals surface area contributed by atoms with Crippen LogP contribution in [0.25, 0.3) is 11.4 Å². The zero-order valence-electron chi connectivity index (χ0n) is 13.9. The van der Waals surface area contributed by atoms with Crippen LogP contribution in [-0.4, -0.2) is 28.1 Å². The van der Waals surface area contributed by atoms with Crippen LogP contribution < -0.4 is 5.32 Å². The fraction of sp³-hybridized carbons (Fsp3) is 0.167. The van der Waals surface area contributed by atoms with Crippen molar-refractivity contribution in [3.63, 3.8) is 0 Å². The van der Waals surface area contributed by atoms with Crippen LogP contribution in [0.5, 0.6) is 0 Å². The zero-order valence-corrected chi connectivity index (χ0v) is 14.6. The molecule has 3 aromatic rings. The van der Waals surface area contributed by atoms with Crippen LogP contribution in [0.2, 0.25) is 5.02 Å². The molecule has 0 spiro atoms. The third kappa shape index (κ3) is 4.36. The highest BCUT2D eigenvalue weighted by atomic mass is 35.5. The van der Waals surface area contributed by atoms with Crippen LogP contribution in [0.4, 0.5) is 10.5 Å². The van der Waals surface area contributed by atoms with Crippen molar-refractivity contribution in [1.82, 2.24) is 15.0 Å². The second kappa shape index (κ2) is 7.36. The Hall–Kier alpha value is -2.86. The maximum Gasteiger partial charge on any atom is 0.322 e. The molecule has 0 unspecified atom stereocenters. The molecule has 6 nitrogen and oxygen atoms in total. The van der Waals surface area contributed by atoms with Crippen LogP contribution in [0.15, 0.2) is 53.1 Å². The summed E-state index contributed by atoms with van der Waals surface area (Å²) in [5, 5.41) is 7.41. The van der Waals surface area contributed by atoms with Gasteiger partial charge in [-0.1, -0.05) is 28.9 Å². The molecule has 0 radical (unpaired) electrons. The summed E-state index contributed by atoms with van der Waals surface area (Å²) >= 11 is 5.87. The predicted octanol–water partition coefficient (Wildman–Crippen LogP) is 4.36. The molecule has 0 aliphatic heterocycles. The van der Waals surface area contributed by atoms with Gasteiger partial charge in [0.2, 0.25) is 11.7 Å². The Bertz CT molecular complexity index is 877. The van der Waals surface area contributed by atoms with Gasteiger partial charge in [-0.05, 0) is 48.9 Å². The van der Waals surface area contributed by atoms with Gasteiger partial charge in [-0.25, -0.2) is 4.79 Å². The Labute approximate surface area is 150 Å². The van der Waals surface area contributed by atoms with Crippen LogP contribution in [0.3, 0.4) is 0 Å². The molecule has 1 heterocycles. The van der Waals surface area contributed by atoms with Gasteiger partial charge in [-0.15, -0.1) is 0 Å². The Kier molecular flexibility index (Phi) is 5.00. The first-order valence-corrected chi connectivity index (χ1v) is 8.06. The first-order valence-electron chi connectivity index (χ1n) is 7.68. The van der Waals surface area contributed by atoms with Crippen LogP contribution in [0, 0.1) is 6.92 Å². The molecule has 0 saturated heterocycles. The highest BCUT2D eigenvalue weighted by Crippen LogP contribution is 2.19. The average Bonchev–Trinajstić information content (AvgIpc) is 3.04. The quantitative estimate of drug-likeness (QED) is 0.753. The van der Waals surface area contributed by atoms with Gasteiger partial charge >= 0.3 is 6.03 Å². The minimum atomic E-state index is -0.253. The average molecular weight is 357 g/mol. The molecule has 7 heteroatoms. The molecule has 1 N–H and O–H groups in total. The number of hydrogen-bond donors (Lipinski definition) is 1.